The van der Waals surface area contributed by atoms with Crippen LogP contribution in [0.2, 0.25) is 0 Å². The van der Waals surface area contributed by atoms with E-state index in [4.69, 9.17) is 9.47 Å². The van der Waals surface area contributed by atoms with Crippen molar-refractivity contribution in [2.45, 2.75) is 33.6 Å². The second kappa shape index (κ2) is 10.6. The van der Waals surface area contributed by atoms with Gasteiger partial charge in [0.1, 0.15) is 23.4 Å². The van der Waals surface area contributed by atoms with Crippen LogP contribution in [-0.2, 0) is 28.7 Å². The van der Waals surface area contributed by atoms with Gasteiger partial charge in [-0.3, -0.25) is 19.2 Å². The summed E-state index contributed by atoms with van der Waals surface area (Å²) in [5.41, 5.74) is 1.42. The standard InChI is InChI=1S/C21H29NO6/c1-7-27-20(25)17(13(3)23)19(18(14(4)24)21(26)28-8-2)15-9-11-16(12-10-15)22(5)6/h9-12,17-19H,7-8H2,1-6H3. The number of carbonyl (C=O) groups excluding carboxylic acids is 4. The number of nitrogens with zero attached hydrogens (tertiary/aromatic N) is 1. The zero-order chi connectivity index (χ0) is 21.4. The smallest absolute Gasteiger partial charge is 0.317 e. The molecule has 0 radical (unpaired) electrons. The Labute approximate surface area is 166 Å². The van der Waals surface area contributed by atoms with Crippen LogP contribution in [0.5, 0.6) is 0 Å². The summed E-state index contributed by atoms with van der Waals surface area (Å²) in [6.07, 6.45) is 0. The Bertz CT molecular complexity index is 674. The lowest BCUT2D eigenvalue weighted by Gasteiger charge is -2.29. The first kappa shape index (κ1) is 23.3. The van der Waals surface area contributed by atoms with Crippen LogP contribution in [0.4, 0.5) is 5.69 Å². The highest BCUT2D eigenvalue weighted by atomic mass is 16.5. The lowest BCUT2D eigenvalue weighted by molar-refractivity contribution is -0.157. The van der Waals surface area contributed by atoms with E-state index in [0.717, 1.165) is 5.69 Å². The van der Waals surface area contributed by atoms with E-state index >= 15 is 0 Å². The molecular formula is C21H29NO6. The molecule has 0 bridgehead atoms. The molecule has 0 fully saturated rings. The topological polar surface area (TPSA) is 90.0 Å². The summed E-state index contributed by atoms with van der Waals surface area (Å²) in [7, 11) is 3.75. The Morgan fingerprint density at radius 1 is 0.821 bits per heavy atom. The van der Waals surface area contributed by atoms with Crippen molar-refractivity contribution in [2.75, 3.05) is 32.2 Å². The highest BCUT2D eigenvalue weighted by molar-refractivity contribution is 6.04. The maximum Gasteiger partial charge on any atom is 0.317 e. The van der Waals surface area contributed by atoms with Crippen molar-refractivity contribution in [1.29, 1.82) is 0 Å². The van der Waals surface area contributed by atoms with Crippen molar-refractivity contribution >= 4 is 29.2 Å². The predicted octanol–water partition coefficient (Wildman–Crippen LogP) is 2.37. The maximum atomic E-state index is 12.6. The zero-order valence-corrected chi connectivity index (χ0v) is 17.4. The van der Waals surface area contributed by atoms with Crippen LogP contribution in [0.25, 0.3) is 0 Å². The lowest BCUT2D eigenvalue weighted by atomic mass is 9.73. The number of esters is 2. The largest absolute Gasteiger partial charge is 0.465 e. The third kappa shape index (κ3) is 5.65. The minimum Gasteiger partial charge on any atom is -0.465 e. The third-order valence-electron chi connectivity index (χ3n) is 4.47. The average Bonchev–Trinajstić information content (AvgIpc) is 2.61. The number of ketones is 2. The summed E-state index contributed by atoms with van der Waals surface area (Å²) < 4.78 is 10.1. The molecular weight excluding hydrogens is 362 g/mol. The molecule has 1 rings (SSSR count). The normalized spacial score (nSPS) is 13.8. The molecule has 0 aliphatic heterocycles. The molecule has 0 aliphatic rings. The van der Waals surface area contributed by atoms with Gasteiger partial charge in [0.15, 0.2) is 0 Å². The highest BCUT2D eigenvalue weighted by Gasteiger charge is 2.45. The number of anilines is 1. The van der Waals surface area contributed by atoms with Gasteiger partial charge in [-0.2, -0.15) is 0 Å². The monoisotopic (exact) mass is 391 g/mol. The van der Waals surface area contributed by atoms with Gasteiger partial charge in [-0.05, 0) is 45.4 Å². The molecule has 28 heavy (non-hydrogen) atoms. The minimum absolute atomic E-state index is 0.0824. The fraction of sp³-hybridized carbons (Fsp3) is 0.524. The van der Waals surface area contributed by atoms with Crippen molar-refractivity contribution in [2.24, 2.45) is 11.8 Å². The van der Waals surface area contributed by atoms with Crippen molar-refractivity contribution in [3.8, 4) is 0 Å². The van der Waals surface area contributed by atoms with Crippen molar-refractivity contribution in [3.05, 3.63) is 29.8 Å². The Hall–Kier alpha value is -2.70. The summed E-state index contributed by atoms with van der Waals surface area (Å²) >= 11 is 0. The van der Waals surface area contributed by atoms with Crippen LogP contribution in [0, 0.1) is 11.8 Å². The molecule has 0 saturated heterocycles. The van der Waals surface area contributed by atoms with Crippen LogP contribution in [0.15, 0.2) is 24.3 Å². The maximum absolute atomic E-state index is 12.6. The van der Waals surface area contributed by atoms with Gasteiger partial charge in [-0.1, -0.05) is 12.1 Å². The average molecular weight is 391 g/mol. The number of ether oxygens (including phenoxy) is 2. The van der Waals surface area contributed by atoms with Crippen molar-refractivity contribution < 1.29 is 28.7 Å². The molecule has 2 unspecified atom stereocenters. The number of Topliss-reactive ketones (excluding diaryl/α,β-unsaturated/α-hetero) is 2. The lowest BCUT2D eigenvalue weighted by Crippen LogP contribution is -2.40. The molecule has 0 spiro atoms. The molecule has 1 aromatic carbocycles. The summed E-state index contributed by atoms with van der Waals surface area (Å²) in [6.45, 7) is 5.93. The van der Waals surface area contributed by atoms with Crippen LogP contribution in [-0.4, -0.2) is 50.8 Å². The van der Waals surface area contributed by atoms with Gasteiger partial charge in [0.05, 0.1) is 13.2 Å². The van der Waals surface area contributed by atoms with E-state index in [9.17, 15) is 19.2 Å². The summed E-state index contributed by atoms with van der Waals surface area (Å²) in [5, 5.41) is 0. The quantitative estimate of drug-likeness (QED) is 0.447. The summed E-state index contributed by atoms with van der Waals surface area (Å²) in [6, 6.07) is 7.02. The molecule has 0 amide bonds. The second-order valence-corrected chi connectivity index (χ2v) is 6.69. The van der Waals surface area contributed by atoms with Crippen LogP contribution >= 0.6 is 0 Å². The summed E-state index contributed by atoms with van der Waals surface area (Å²) in [5.74, 6) is -6.05. The number of hydrogen-bond donors (Lipinski definition) is 0. The summed E-state index contributed by atoms with van der Waals surface area (Å²) in [4.78, 5) is 51.8. The van der Waals surface area contributed by atoms with Gasteiger partial charge in [0.2, 0.25) is 0 Å². The molecule has 0 heterocycles. The van der Waals surface area contributed by atoms with E-state index in [0.29, 0.717) is 5.56 Å². The van der Waals surface area contributed by atoms with Crippen LogP contribution in [0.3, 0.4) is 0 Å². The highest BCUT2D eigenvalue weighted by Crippen LogP contribution is 2.36. The number of hydrogen-bond acceptors (Lipinski definition) is 7. The zero-order valence-electron chi connectivity index (χ0n) is 17.4. The minimum atomic E-state index is -1.29. The number of carbonyl (C=O) groups is 4. The second-order valence-electron chi connectivity index (χ2n) is 6.69. The Kier molecular flexibility index (Phi) is 8.82. The number of benzene rings is 1. The molecule has 7 nitrogen and oxygen atoms in total. The first-order chi connectivity index (χ1) is 13.1. The Morgan fingerprint density at radius 3 is 1.50 bits per heavy atom. The Morgan fingerprint density at radius 2 is 1.21 bits per heavy atom. The molecule has 0 saturated carbocycles. The molecule has 7 heteroatoms. The molecule has 0 N–H and O–H groups in total. The van der Waals surface area contributed by atoms with E-state index in [2.05, 4.69) is 0 Å². The molecule has 0 aromatic heterocycles. The fourth-order valence-corrected chi connectivity index (χ4v) is 3.17. The van der Waals surface area contributed by atoms with Gasteiger partial charge >= 0.3 is 11.9 Å². The SMILES string of the molecule is CCOC(=O)C(C(C)=O)C(c1ccc(N(C)C)cc1)C(C(C)=O)C(=O)OCC. The predicted molar refractivity (Wildman–Crippen MR) is 105 cm³/mol. The van der Waals surface area contributed by atoms with Crippen molar-refractivity contribution in [3.63, 3.8) is 0 Å². The van der Waals surface area contributed by atoms with Gasteiger partial charge in [0.25, 0.3) is 0 Å². The fourth-order valence-electron chi connectivity index (χ4n) is 3.17. The van der Waals surface area contributed by atoms with Crippen molar-refractivity contribution in [1.82, 2.24) is 0 Å². The van der Waals surface area contributed by atoms with E-state index in [1.807, 2.05) is 19.0 Å². The molecule has 2 atom stereocenters. The Balaban J connectivity index is 3.58. The number of rotatable bonds is 10. The first-order valence-corrected chi connectivity index (χ1v) is 9.27. The van der Waals surface area contributed by atoms with Gasteiger partial charge < -0.3 is 14.4 Å². The van der Waals surface area contributed by atoms with Gasteiger partial charge in [0, 0.05) is 25.7 Å². The van der Waals surface area contributed by atoms with Crippen LogP contribution in [0.1, 0.15) is 39.2 Å². The third-order valence-corrected chi connectivity index (χ3v) is 4.47. The van der Waals surface area contributed by atoms with Crippen LogP contribution < -0.4 is 4.90 Å². The van der Waals surface area contributed by atoms with E-state index in [1.165, 1.54) is 13.8 Å². The molecule has 154 valence electrons. The van der Waals surface area contributed by atoms with Gasteiger partial charge in [-0.15, -0.1) is 0 Å². The first-order valence-electron chi connectivity index (χ1n) is 9.27. The molecule has 0 aliphatic carbocycles. The van der Waals surface area contributed by atoms with E-state index in [1.54, 1.807) is 38.1 Å². The van der Waals surface area contributed by atoms with Gasteiger partial charge in [-0.25, -0.2) is 0 Å². The van der Waals surface area contributed by atoms with E-state index < -0.39 is 41.3 Å². The van der Waals surface area contributed by atoms with E-state index in [-0.39, 0.29) is 13.2 Å². The molecule has 1 aromatic rings.